The number of amides is 2. The Morgan fingerprint density at radius 1 is 1.00 bits per heavy atom. The van der Waals surface area contributed by atoms with Crippen LogP contribution in [-0.4, -0.2) is 43.8 Å². The van der Waals surface area contributed by atoms with Crippen LogP contribution in [0.25, 0.3) is 0 Å². The molecule has 0 bridgehead atoms. The van der Waals surface area contributed by atoms with Crippen molar-refractivity contribution in [1.29, 1.82) is 0 Å². The van der Waals surface area contributed by atoms with E-state index in [4.69, 9.17) is 10.2 Å². The van der Waals surface area contributed by atoms with E-state index in [1.54, 1.807) is 0 Å². The zero-order valence-electron chi connectivity index (χ0n) is 9.94. The summed E-state index contributed by atoms with van der Waals surface area (Å²) in [6, 6.07) is 2.24. The summed E-state index contributed by atoms with van der Waals surface area (Å²) in [5.41, 5.74) is -0.737. The highest BCUT2D eigenvalue weighted by atomic mass is 16.4. The monoisotopic (exact) mass is 276 g/mol. The minimum atomic E-state index is -1.40. The number of pyridine rings is 1. The van der Waals surface area contributed by atoms with Gasteiger partial charge in [-0.05, 0) is 17.7 Å². The SMILES string of the molecule is O=C(O)c1cc(CN2C(=O)C=CC2=O)cc(C(=O)O)n1. The maximum atomic E-state index is 11.4. The molecule has 0 aromatic carbocycles. The van der Waals surface area contributed by atoms with Crippen LogP contribution in [0.5, 0.6) is 0 Å². The minimum Gasteiger partial charge on any atom is -0.477 e. The number of hydrogen-bond acceptors (Lipinski definition) is 5. The molecule has 102 valence electrons. The predicted octanol–water partition coefficient (Wildman–Crippen LogP) is -0.0970. The Kier molecular flexibility index (Phi) is 3.30. The van der Waals surface area contributed by atoms with Gasteiger partial charge in [-0.2, -0.15) is 0 Å². The molecule has 8 heteroatoms. The standard InChI is InChI=1S/C12H8N2O6/c15-9-1-2-10(16)14(9)5-6-3-7(11(17)18)13-8(4-6)12(19)20/h1-4H,5H2,(H,17,18)(H,19,20). The van der Waals surface area contributed by atoms with Crippen molar-refractivity contribution in [3.63, 3.8) is 0 Å². The second kappa shape index (κ2) is 4.92. The minimum absolute atomic E-state index is 0.195. The third kappa shape index (κ3) is 2.53. The van der Waals surface area contributed by atoms with Crippen molar-refractivity contribution in [1.82, 2.24) is 9.88 Å². The molecule has 8 nitrogen and oxygen atoms in total. The molecule has 0 saturated carbocycles. The van der Waals surface area contributed by atoms with Crippen molar-refractivity contribution < 1.29 is 29.4 Å². The number of hydrogen-bond donors (Lipinski definition) is 2. The van der Waals surface area contributed by atoms with Gasteiger partial charge in [-0.3, -0.25) is 14.5 Å². The highest BCUT2D eigenvalue weighted by molar-refractivity contribution is 6.12. The molecule has 2 heterocycles. The van der Waals surface area contributed by atoms with E-state index in [-0.39, 0.29) is 12.1 Å². The molecule has 1 aliphatic heterocycles. The number of aromatic carboxylic acids is 2. The predicted molar refractivity (Wildman–Crippen MR) is 62.9 cm³/mol. The van der Waals surface area contributed by atoms with Gasteiger partial charge in [0.1, 0.15) is 11.4 Å². The lowest BCUT2D eigenvalue weighted by atomic mass is 10.1. The Morgan fingerprint density at radius 3 is 1.85 bits per heavy atom. The third-order valence-electron chi connectivity index (χ3n) is 2.56. The Hall–Kier alpha value is -3.03. The molecular formula is C12H8N2O6. The number of rotatable bonds is 4. The van der Waals surface area contributed by atoms with Gasteiger partial charge in [0.2, 0.25) is 0 Å². The van der Waals surface area contributed by atoms with Crippen LogP contribution in [0, 0.1) is 0 Å². The first-order valence-corrected chi connectivity index (χ1v) is 5.39. The van der Waals surface area contributed by atoms with E-state index in [1.807, 2.05) is 0 Å². The fraction of sp³-hybridized carbons (Fsp3) is 0.0833. The summed E-state index contributed by atoms with van der Waals surface area (Å²) in [4.78, 5) is 48.9. The van der Waals surface area contributed by atoms with Crippen molar-refractivity contribution in [2.24, 2.45) is 0 Å². The molecule has 2 rings (SSSR count). The lowest BCUT2D eigenvalue weighted by Crippen LogP contribution is -2.29. The molecule has 2 N–H and O–H groups in total. The summed E-state index contributed by atoms with van der Waals surface area (Å²) in [5, 5.41) is 17.7. The van der Waals surface area contributed by atoms with Crippen LogP contribution in [0.4, 0.5) is 0 Å². The van der Waals surface area contributed by atoms with Gasteiger partial charge >= 0.3 is 11.9 Å². The third-order valence-corrected chi connectivity index (χ3v) is 2.56. The van der Waals surface area contributed by atoms with Gasteiger partial charge in [-0.1, -0.05) is 0 Å². The Morgan fingerprint density at radius 2 is 1.45 bits per heavy atom. The van der Waals surface area contributed by atoms with Crippen molar-refractivity contribution in [2.45, 2.75) is 6.54 Å². The van der Waals surface area contributed by atoms with E-state index in [1.165, 1.54) is 0 Å². The quantitative estimate of drug-likeness (QED) is 0.735. The van der Waals surface area contributed by atoms with Crippen LogP contribution in [0.15, 0.2) is 24.3 Å². The zero-order chi connectivity index (χ0) is 14.9. The molecule has 0 radical (unpaired) electrons. The van der Waals surface area contributed by atoms with Gasteiger partial charge < -0.3 is 10.2 Å². The van der Waals surface area contributed by atoms with Crippen LogP contribution in [0.1, 0.15) is 26.5 Å². The number of carbonyl (C=O) groups is 4. The molecule has 0 spiro atoms. The molecule has 0 fully saturated rings. The number of imide groups is 1. The first-order chi connectivity index (χ1) is 9.38. The van der Waals surface area contributed by atoms with E-state index in [9.17, 15) is 19.2 Å². The number of carboxylic acids is 2. The van der Waals surface area contributed by atoms with E-state index < -0.39 is 35.1 Å². The fourth-order valence-corrected chi connectivity index (χ4v) is 1.67. The van der Waals surface area contributed by atoms with Crippen molar-refractivity contribution >= 4 is 23.8 Å². The van der Waals surface area contributed by atoms with Crippen LogP contribution in [0.2, 0.25) is 0 Å². The summed E-state index contributed by atoms with van der Waals surface area (Å²) in [7, 11) is 0. The van der Waals surface area contributed by atoms with Gasteiger partial charge in [0.05, 0.1) is 6.54 Å². The molecule has 1 aromatic rings. The van der Waals surface area contributed by atoms with E-state index >= 15 is 0 Å². The second-order valence-electron chi connectivity index (χ2n) is 3.95. The largest absolute Gasteiger partial charge is 0.477 e. The topological polar surface area (TPSA) is 125 Å². The average molecular weight is 276 g/mol. The maximum Gasteiger partial charge on any atom is 0.354 e. The molecule has 0 atom stereocenters. The number of carboxylic acid groups (broad SMARTS) is 2. The van der Waals surface area contributed by atoms with E-state index in [0.29, 0.717) is 0 Å². The van der Waals surface area contributed by atoms with E-state index in [2.05, 4.69) is 4.98 Å². The van der Waals surface area contributed by atoms with Gasteiger partial charge in [0.15, 0.2) is 0 Å². The maximum absolute atomic E-state index is 11.4. The lowest BCUT2D eigenvalue weighted by Gasteiger charge is -2.14. The number of aromatic nitrogens is 1. The number of carbonyl (C=O) groups excluding carboxylic acids is 2. The van der Waals surface area contributed by atoms with E-state index in [0.717, 1.165) is 29.2 Å². The van der Waals surface area contributed by atoms with Gasteiger partial charge in [0.25, 0.3) is 11.8 Å². The molecule has 20 heavy (non-hydrogen) atoms. The normalized spacial score (nSPS) is 13.9. The Bertz CT molecular complexity index is 614. The van der Waals surface area contributed by atoms with Gasteiger partial charge in [-0.25, -0.2) is 14.6 Å². The molecule has 0 unspecified atom stereocenters. The summed E-state index contributed by atoms with van der Waals surface area (Å²) < 4.78 is 0. The molecule has 1 aliphatic rings. The van der Waals surface area contributed by atoms with Crippen LogP contribution in [-0.2, 0) is 16.1 Å². The molecule has 2 amide bonds. The summed E-state index contributed by atoms with van der Waals surface area (Å²) in [5.74, 6) is -3.88. The highest BCUT2D eigenvalue weighted by Crippen LogP contribution is 2.13. The van der Waals surface area contributed by atoms with Crippen molar-refractivity contribution in [2.75, 3.05) is 0 Å². The molecule has 1 aromatic heterocycles. The van der Waals surface area contributed by atoms with Crippen LogP contribution < -0.4 is 0 Å². The summed E-state index contributed by atoms with van der Waals surface area (Å²) in [6.07, 6.45) is 2.17. The van der Waals surface area contributed by atoms with Crippen LogP contribution >= 0.6 is 0 Å². The average Bonchev–Trinajstić information content (AvgIpc) is 2.70. The summed E-state index contributed by atoms with van der Waals surface area (Å²) >= 11 is 0. The Labute approximate surface area is 112 Å². The lowest BCUT2D eigenvalue weighted by molar-refractivity contribution is -0.137. The Balaban J connectivity index is 2.36. The van der Waals surface area contributed by atoms with Crippen molar-refractivity contribution in [3.05, 3.63) is 41.2 Å². The van der Waals surface area contributed by atoms with Crippen LogP contribution in [0.3, 0.4) is 0 Å². The fourth-order valence-electron chi connectivity index (χ4n) is 1.67. The number of nitrogens with zero attached hydrogens (tertiary/aromatic N) is 2. The van der Waals surface area contributed by atoms with Gasteiger partial charge in [-0.15, -0.1) is 0 Å². The highest BCUT2D eigenvalue weighted by Gasteiger charge is 2.24. The van der Waals surface area contributed by atoms with Gasteiger partial charge in [0, 0.05) is 12.2 Å². The summed E-state index contributed by atoms with van der Waals surface area (Å²) in [6.45, 7) is -0.215. The first-order valence-electron chi connectivity index (χ1n) is 5.39. The molecule has 0 saturated heterocycles. The second-order valence-corrected chi connectivity index (χ2v) is 3.95. The zero-order valence-corrected chi connectivity index (χ0v) is 9.94. The molecular weight excluding hydrogens is 268 g/mol. The molecule has 0 aliphatic carbocycles. The first kappa shape index (κ1) is 13.4. The smallest absolute Gasteiger partial charge is 0.354 e. The van der Waals surface area contributed by atoms with Crippen molar-refractivity contribution in [3.8, 4) is 0 Å².